The molecule has 1 unspecified atom stereocenters. The average Bonchev–Trinajstić information content (AvgIpc) is 2.90. The summed E-state index contributed by atoms with van der Waals surface area (Å²) in [5.41, 5.74) is 1.96. The highest BCUT2D eigenvalue weighted by atomic mass is 16.5. The minimum absolute atomic E-state index is 0.172. The zero-order valence-corrected chi connectivity index (χ0v) is 11.8. The molecule has 112 valence electrons. The summed E-state index contributed by atoms with van der Waals surface area (Å²) in [6.45, 7) is 4.23. The number of nitrogens with one attached hydrogen (secondary N) is 1. The summed E-state index contributed by atoms with van der Waals surface area (Å²) in [4.78, 5) is 23.0. The van der Waals surface area contributed by atoms with E-state index >= 15 is 0 Å². The van der Waals surface area contributed by atoms with Gasteiger partial charge in [0.1, 0.15) is 11.8 Å². The Balaban J connectivity index is 1.94. The van der Waals surface area contributed by atoms with Crippen molar-refractivity contribution in [1.29, 1.82) is 0 Å². The van der Waals surface area contributed by atoms with Crippen LogP contribution in [-0.4, -0.2) is 29.6 Å². The second-order valence-electron chi connectivity index (χ2n) is 5.04. The quantitative estimate of drug-likeness (QED) is 0.749. The van der Waals surface area contributed by atoms with E-state index in [2.05, 4.69) is 11.9 Å². The Kier molecular flexibility index (Phi) is 4.98. The van der Waals surface area contributed by atoms with Crippen LogP contribution in [0.25, 0.3) is 0 Å². The summed E-state index contributed by atoms with van der Waals surface area (Å²) in [5.74, 6) is -0.438. The van der Waals surface area contributed by atoms with Crippen molar-refractivity contribution in [3.8, 4) is 5.75 Å². The standard InChI is InChI=1S/C16H19NO4/c1-2-3-4-13(16(19)20)17-15(18)10-11-5-6-14-12(9-11)7-8-21-14/h2,5-6,9,13H,1,3-4,7-8,10H2,(H,17,18)(H,19,20). The molecule has 0 bridgehead atoms. The SMILES string of the molecule is C=CCCC(NC(=O)Cc1ccc2c(c1)CCO2)C(=O)O. The smallest absolute Gasteiger partial charge is 0.326 e. The molecule has 0 saturated carbocycles. The van der Waals surface area contributed by atoms with Crippen LogP contribution in [-0.2, 0) is 22.4 Å². The molecular formula is C16H19NO4. The van der Waals surface area contributed by atoms with Crippen molar-refractivity contribution in [3.05, 3.63) is 42.0 Å². The molecule has 0 saturated heterocycles. The topological polar surface area (TPSA) is 75.6 Å². The maximum atomic E-state index is 12.0. The molecule has 0 radical (unpaired) electrons. The Morgan fingerprint density at radius 1 is 1.48 bits per heavy atom. The monoisotopic (exact) mass is 289 g/mol. The van der Waals surface area contributed by atoms with Crippen LogP contribution in [0.4, 0.5) is 0 Å². The number of aliphatic carboxylic acids is 1. The fourth-order valence-electron chi connectivity index (χ4n) is 2.32. The number of hydrogen-bond acceptors (Lipinski definition) is 3. The molecule has 5 nitrogen and oxygen atoms in total. The summed E-state index contributed by atoms with van der Waals surface area (Å²) < 4.78 is 5.41. The fourth-order valence-corrected chi connectivity index (χ4v) is 2.32. The van der Waals surface area contributed by atoms with Crippen molar-refractivity contribution in [2.75, 3.05) is 6.61 Å². The number of carboxylic acids is 1. The van der Waals surface area contributed by atoms with E-state index < -0.39 is 12.0 Å². The van der Waals surface area contributed by atoms with Gasteiger partial charge in [0, 0.05) is 6.42 Å². The molecule has 21 heavy (non-hydrogen) atoms. The van der Waals surface area contributed by atoms with E-state index in [0.717, 1.165) is 23.3 Å². The van der Waals surface area contributed by atoms with Crippen LogP contribution in [0, 0.1) is 0 Å². The molecule has 1 aliphatic heterocycles. The molecule has 1 heterocycles. The molecule has 2 N–H and O–H groups in total. The Morgan fingerprint density at radius 3 is 3.00 bits per heavy atom. The minimum Gasteiger partial charge on any atom is -0.493 e. The molecule has 1 atom stereocenters. The van der Waals surface area contributed by atoms with Gasteiger partial charge in [-0.2, -0.15) is 0 Å². The van der Waals surface area contributed by atoms with Crippen LogP contribution in [0.5, 0.6) is 5.75 Å². The summed E-state index contributed by atoms with van der Waals surface area (Å²) in [5, 5.41) is 11.6. The van der Waals surface area contributed by atoms with Gasteiger partial charge in [-0.05, 0) is 30.0 Å². The predicted octanol–water partition coefficient (Wildman–Crippen LogP) is 1.70. The number of hydrogen-bond donors (Lipinski definition) is 2. The second-order valence-corrected chi connectivity index (χ2v) is 5.04. The van der Waals surface area contributed by atoms with Crippen LogP contribution >= 0.6 is 0 Å². The van der Waals surface area contributed by atoms with Gasteiger partial charge in [-0.15, -0.1) is 6.58 Å². The zero-order chi connectivity index (χ0) is 15.2. The molecule has 1 aliphatic rings. The summed E-state index contributed by atoms with van der Waals surface area (Å²) >= 11 is 0. The van der Waals surface area contributed by atoms with Crippen molar-refractivity contribution >= 4 is 11.9 Å². The maximum absolute atomic E-state index is 12.0. The number of fused-ring (bicyclic) bond motifs is 1. The van der Waals surface area contributed by atoms with Gasteiger partial charge in [-0.1, -0.05) is 18.2 Å². The van der Waals surface area contributed by atoms with Crippen molar-refractivity contribution in [1.82, 2.24) is 5.32 Å². The summed E-state index contributed by atoms with van der Waals surface area (Å²) in [6, 6.07) is 4.77. The molecule has 0 aromatic heterocycles. The lowest BCUT2D eigenvalue weighted by atomic mass is 10.1. The normalized spacial score (nSPS) is 13.9. The van der Waals surface area contributed by atoms with Crippen molar-refractivity contribution in [2.45, 2.75) is 31.7 Å². The van der Waals surface area contributed by atoms with E-state index in [0.29, 0.717) is 19.4 Å². The van der Waals surface area contributed by atoms with E-state index in [9.17, 15) is 9.59 Å². The number of carboxylic acid groups (broad SMARTS) is 1. The Bertz CT molecular complexity index is 553. The van der Waals surface area contributed by atoms with Gasteiger partial charge in [0.15, 0.2) is 0 Å². The van der Waals surface area contributed by atoms with Crippen LogP contribution in [0.2, 0.25) is 0 Å². The Morgan fingerprint density at radius 2 is 2.29 bits per heavy atom. The lowest BCUT2D eigenvalue weighted by molar-refractivity contribution is -0.141. The van der Waals surface area contributed by atoms with E-state index in [1.165, 1.54) is 0 Å². The number of allylic oxidation sites excluding steroid dienone is 1. The van der Waals surface area contributed by atoms with Gasteiger partial charge in [0.25, 0.3) is 0 Å². The number of carbonyl (C=O) groups is 2. The molecule has 0 fully saturated rings. The van der Waals surface area contributed by atoms with Gasteiger partial charge in [-0.3, -0.25) is 4.79 Å². The number of rotatable bonds is 7. The van der Waals surface area contributed by atoms with Crippen molar-refractivity contribution in [3.63, 3.8) is 0 Å². The third kappa shape index (κ3) is 4.08. The Labute approximate surface area is 123 Å². The van der Waals surface area contributed by atoms with E-state index in [4.69, 9.17) is 9.84 Å². The van der Waals surface area contributed by atoms with Gasteiger partial charge in [0.2, 0.25) is 5.91 Å². The van der Waals surface area contributed by atoms with E-state index in [1.54, 1.807) is 6.08 Å². The zero-order valence-electron chi connectivity index (χ0n) is 11.8. The number of ether oxygens (including phenoxy) is 1. The molecule has 2 rings (SSSR count). The molecule has 0 aliphatic carbocycles. The van der Waals surface area contributed by atoms with E-state index in [1.807, 2.05) is 18.2 Å². The third-order valence-electron chi connectivity index (χ3n) is 3.41. The Hall–Kier alpha value is -2.30. The average molecular weight is 289 g/mol. The first-order valence-corrected chi connectivity index (χ1v) is 6.98. The van der Waals surface area contributed by atoms with Crippen LogP contribution in [0.3, 0.4) is 0 Å². The molecule has 1 aromatic carbocycles. The van der Waals surface area contributed by atoms with Gasteiger partial charge < -0.3 is 15.2 Å². The molecule has 1 aromatic rings. The molecule has 0 spiro atoms. The van der Waals surface area contributed by atoms with Crippen molar-refractivity contribution < 1.29 is 19.4 Å². The van der Waals surface area contributed by atoms with Crippen LogP contribution in [0.1, 0.15) is 24.0 Å². The second kappa shape index (κ2) is 6.92. The molecule has 1 amide bonds. The lowest BCUT2D eigenvalue weighted by Crippen LogP contribution is -2.41. The largest absolute Gasteiger partial charge is 0.493 e. The van der Waals surface area contributed by atoms with Crippen LogP contribution < -0.4 is 10.1 Å². The van der Waals surface area contributed by atoms with Gasteiger partial charge >= 0.3 is 5.97 Å². The number of benzene rings is 1. The predicted molar refractivity (Wildman–Crippen MR) is 78.3 cm³/mol. The summed E-state index contributed by atoms with van der Waals surface area (Å²) in [7, 11) is 0. The van der Waals surface area contributed by atoms with Gasteiger partial charge in [0.05, 0.1) is 13.0 Å². The van der Waals surface area contributed by atoms with Crippen LogP contribution in [0.15, 0.2) is 30.9 Å². The number of amides is 1. The third-order valence-corrected chi connectivity index (χ3v) is 3.41. The first-order chi connectivity index (χ1) is 10.1. The number of carbonyl (C=O) groups excluding carboxylic acids is 1. The minimum atomic E-state index is -1.02. The molecule has 5 heteroatoms. The highest BCUT2D eigenvalue weighted by Crippen LogP contribution is 2.25. The fraction of sp³-hybridized carbons (Fsp3) is 0.375. The van der Waals surface area contributed by atoms with Crippen molar-refractivity contribution in [2.24, 2.45) is 0 Å². The molecular weight excluding hydrogens is 270 g/mol. The van der Waals surface area contributed by atoms with Gasteiger partial charge in [-0.25, -0.2) is 4.79 Å². The first-order valence-electron chi connectivity index (χ1n) is 6.98. The highest BCUT2D eigenvalue weighted by Gasteiger charge is 2.19. The van der Waals surface area contributed by atoms with E-state index in [-0.39, 0.29) is 12.3 Å². The lowest BCUT2D eigenvalue weighted by Gasteiger charge is -2.13. The highest BCUT2D eigenvalue weighted by molar-refractivity contribution is 5.84. The summed E-state index contributed by atoms with van der Waals surface area (Å²) in [6.07, 6.45) is 3.56. The maximum Gasteiger partial charge on any atom is 0.326 e. The first kappa shape index (κ1) is 15.1.